The Morgan fingerprint density at radius 1 is 1.12 bits per heavy atom. The summed E-state index contributed by atoms with van der Waals surface area (Å²) < 4.78 is 5.48. The van der Waals surface area contributed by atoms with E-state index >= 15 is 0 Å². The number of carbonyl (C=O) groups excluding carboxylic acids is 1. The lowest BCUT2D eigenvalue weighted by Crippen LogP contribution is -2.26. The molecule has 4 rings (SSSR count). The molecule has 0 aliphatic heterocycles. The molecule has 3 nitrogen and oxygen atoms in total. The minimum Gasteiger partial charge on any atom is -0.494 e. The highest BCUT2D eigenvalue weighted by Gasteiger charge is 2.24. The Balaban J connectivity index is 1.47. The van der Waals surface area contributed by atoms with Crippen molar-refractivity contribution in [3.63, 3.8) is 0 Å². The first kappa shape index (κ1) is 16.9. The maximum atomic E-state index is 12.7. The first-order valence-electron chi connectivity index (χ1n) is 8.96. The first-order chi connectivity index (χ1) is 12.7. The number of benzene rings is 2. The zero-order chi connectivity index (χ0) is 17.9. The molecule has 1 amide bonds. The molecule has 1 N–H and O–H groups in total. The van der Waals surface area contributed by atoms with E-state index in [1.807, 2.05) is 49.4 Å². The van der Waals surface area contributed by atoms with E-state index in [1.54, 1.807) is 0 Å². The lowest BCUT2D eigenvalue weighted by Gasteiger charge is -2.13. The molecular formula is C22H21NO2S. The van der Waals surface area contributed by atoms with E-state index in [2.05, 4.69) is 23.5 Å². The summed E-state index contributed by atoms with van der Waals surface area (Å²) in [6.07, 6.45) is 2.01. The van der Waals surface area contributed by atoms with Gasteiger partial charge in [-0.25, -0.2) is 0 Å². The minimum atomic E-state index is 0.00823. The third-order valence-corrected chi connectivity index (χ3v) is 5.85. The molecule has 1 aromatic heterocycles. The average Bonchev–Trinajstić information content (AvgIpc) is 3.31. The fraction of sp³-hybridized carbons (Fsp3) is 0.227. The second-order valence-electron chi connectivity index (χ2n) is 6.38. The van der Waals surface area contributed by atoms with Crippen LogP contribution in [0.15, 0.2) is 60.7 Å². The lowest BCUT2D eigenvalue weighted by molar-refractivity contribution is 0.0941. The number of thiophene rings is 1. The van der Waals surface area contributed by atoms with Crippen molar-refractivity contribution >= 4 is 17.2 Å². The highest BCUT2D eigenvalue weighted by atomic mass is 32.1. The largest absolute Gasteiger partial charge is 0.494 e. The van der Waals surface area contributed by atoms with Gasteiger partial charge in [-0.2, -0.15) is 0 Å². The van der Waals surface area contributed by atoms with E-state index in [4.69, 9.17) is 4.74 Å². The number of amides is 1. The number of rotatable bonds is 5. The number of carbonyl (C=O) groups is 1. The summed E-state index contributed by atoms with van der Waals surface area (Å²) >= 11 is 1.53. The molecule has 4 heteroatoms. The molecular weight excluding hydrogens is 342 g/mol. The summed E-state index contributed by atoms with van der Waals surface area (Å²) in [5.74, 6) is 0.875. The molecule has 132 valence electrons. The van der Waals surface area contributed by atoms with E-state index in [1.165, 1.54) is 22.5 Å². The summed E-state index contributed by atoms with van der Waals surface area (Å²) in [5, 5.41) is 3.19. The van der Waals surface area contributed by atoms with Crippen molar-refractivity contribution in [1.29, 1.82) is 0 Å². The molecule has 3 aromatic rings. The van der Waals surface area contributed by atoms with Gasteiger partial charge >= 0.3 is 0 Å². The van der Waals surface area contributed by atoms with Gasteiger partial charge in [-0.15, -0.1) is 11.3 Å². The SMILES string of the molecule is CCOc1ccc(-c2ccc(C(=O)N[C@@H]3CCc4ccccc43)s2)cc1. The molecule has 0 radical (unpaired) electrons. The smallest absolute Gasteiger partial charge is 0.261 e. The first-order valence-corrected chi connectivity index (χ1v) is 9.78. The van der Waals surface area contributed by atoms with Crippen LogP contribution in [0.2, 0.25) is 0 Å². The molecule has 1 heterocycles. The number of ether oxygens (including phenoxy) is 1. The summed E-state index contributed by atoms with van der Waals surface area (Å²) in [4.78, 5) is 14.5. The fourth-order valence-corrected chi connectivity index (χ4v) is 4.35. The Bertz CT molecular complexity index is 914. The van der Waals surface area contributed by atoms with Gasteiger partial charge in [0.1, 0.15) is 5.75 Å². The van der Waals surface area contributed by atoms with Gasteiger partial charge < -0.3 is 10.1 Å². The molecule has 0 spiro atoms. The summed E-state index contributed by atoms with van der Waals surface area (Å²) in [5.41, 5.74) is 3.70. The highest BCUT2D eigenvalue weighted by molar-refractivity contribution is 7.17. The molecule has 0 saturated carbocycles. The Morgan fingerprint density at radius 3 is 2.73 bits per heavy atom. The van der Waals surface area contributed by atoms with Crippen LogP contribution in [0.25, 0.3) is 10.4 Å². The Kier molecular flexibility index (Phi) is 4.76. The van der Waals surface area contributed by atoms with E-state index in [9.17, 15) is 4.79 Å². The molecule has 0 saturated heterocycles. The Morgan fingerprint density at radius 2 is 1.92 bits per heavy atom. The molecule has 0 bridgehead atoms. The van der Waals surface area contributed by atoms with Crippen molar-refractivity contribution in [2.75, 3.05) is 6.61 Å². The predicted octanol–water partition coefficient (Wildman–Crippen LogP) is 5.23. The highest BCUT2D eigenvalue weighted by Crippen LogP contribution is 2.33. The third-order valence-electron chi connectivity index (χ3n) is 4.72. The van der Waals surface area contributed by atoms with Gasteiger partial charge in [0.25, 0.3) is 5.91 Å². The van der Waals surface area contributed by atoms with Gasteiger partial charge in [0, 0.05) is 4.88 Å². The number of hydrogen-bond acceptors (Lipinski definition) is 3. The van der Waals surface area contributed by atoms with E-state index in [0.29, 0.717) is 6.61 Å². The summed E-state index contributed by atoms with van der Waals surface area (Å²) in [7, 11) is 0. The maximum absolute atomic E-state index is 12.7. The zero-order valence-electron chi connectivity index (χ0n) is 14.7. The van der Waals surface area contributed by atoms with Crippen molar-refractivity contribution in [2.45, 2.75) is 25.8 Å². The van der Waals surface area contributed by atoms with Crippen LogP contribution >= 0.6 is 11.3 Å². The van der Waals surface area contributed by atoms with Crippen LogP contribution in [0.4, 0.5) is 0 Å². The van der Waals surface area contributed by atoms with Gasteiger partial charge in [0.2, 0.25) is 0 Å². The topological polar surface area (TPSA) is 38.3 Å². The second-order valence-corrected chi connectivity index (χ2v) is 7.47. The molecule has 0 fully saturated rings. The number of fused-ring (bicyclic) bond motifs is 1. The fourth-order valence-electron chi connectivity index (χ4n) is 3.43. The zero-order valence-corrected chi connectivity index (χ0v) is 15.5. The number of hydrogen-bond donors (Lipinski definition) is 1. The Hall–Kier alpha value is -2.59. The quantitative estimate of drug-likeness (QED) is 0.674. The number of aryl methyl sites for hydroxylation is 1. The maximum Gasteiger partial charge on any atom is 0.261 e. The summed E-state index contributed by atoms with van der Waals surface area (Å²) in [6.45, 7) is 2.63. The van der Waals surface area contributed by atoms with Crippen LogP contribution in [0, 0.1) is 0 Å². The number of nitrogens with one attached hydrogen (secondary N) is 1. The van der Waals surface area contributed by atoms with Crippen molar-refractivity contribution in [1.82, 2.24) is 5.32 Å². The second kappa shape index (κ2) is 7.34. The van der Waals surface area contributed by atoms with Crippen LogP contribution < -0.4 is 10.1 Å². The Labute approximate surface area is 157 Å². The normalized spacial score (nSPS) is 15.5. The standard InChI is InChI=1S/C22H21NO2S/c1-2-25-17-10-7-16(8-11-17)20-13-14-21(26-20)22(24)23-19-12-9-15-5-3-4-6-18(15)19/h3-8,10-11,13-14,19H,2,9,12H2,1H3,(H,23,24)/t19-/m1/s1. The van der Waals surface area contributed by atoms with Crippen molar-refractivity contribution < 1.29 is 9.53 Å². The lowest BCUT2D eigenvalue weighted by atomic mass is 10.1. The summed E-state index contributed by atoms with van der Waals surface area (Å²) in [6, 6.07) is 20.4. The van der Waals surface area contributed by atoms with Crippen LogP contribution in [0.1, 0.15) is 40.2 Å². The molecule has 0 unspecified atom stereocenters. The van der Waals surface area contributed by atoms with E-state index in [0.717, 1.165) is 33.9 Å². The van der Waals surface area contributed by atoms with Crippen LogP contribution in [-0.4, -0.2) is 12.5 Å². The predicted molar refractivity (Wildman–Crippen MR) is 106 cm³/mol. The monoisotopic (exact) mass is 363 g/mol. The third kappa shape index (κ3) is 3.37. The molecule has 1 aliphatic rings. The van der Waals surface area contributed by atoms with Gasteiger partial charge in [0.05, 0.1) is 17.5 Å². The van der Waals surface area contributed by atoms with Gasteiger partial charge in [-0.05, 0) is 72.9 Å². The van der Waals surface area contributed by atoms with Crippen molar-refractivity contribution in [3.8, 4) is 16.2 Å². The molecule has 2 aromatic carbocycles. The van der Waals surface area contributed by atoms with Gasteiger partial charge in [0.15, 0.2) is 0 Å². The molecule has 1 aliphatic carbocycles. The van der Waals surface area contributed by atoms with Crippen molar-refractivity contribution in [2.24, 2.45) is 0 Å². The van der Waals surface area contributed by atoms with Gasteiger partial charge in [-0.1, -0.05) is 24.3 Å². The molecule has 26 heavy (non-hydrogen) atoms. The van der Waals surface area contributed by atoms with Crippen molar-refractivity contribution in [3.05, 3.63) is 76.7 Å². The van der Waals surface area contributed by atoms with Crippen LogP contribution in [-0.2, 0) is 6.42 Å². The van der Waals surface area contributed by atoms with Gasteiger partial charge in [-0.3, -0.25) is 4.79 Å². The minimum absolute atomic E-state index is 0.00823. The van der Waals surface area contributed by atoms with Crippen LogP contribution in [0.3, 0.4) is 0 Å². The molecule has 1 atom stereocenters. The average molecular weight is 363 g/mol. The van der Waals surface area contributed by atoms with E-state index < -0.39 is 0 Å². The van der Waals surface area contributed by atoms with E-state index in [-0.39, 0.29) is 11.9 Å². The van der Waals surface area contributed by atoms with Crippen LogP contribution in [0.5, 0.6) is 5.75 Å².